The third kappa shape index (κ3) is 7.42. The molecule has 3 amide bonds. The fourth-order valence-corrected chi connectivity index (χ4v) is 4.24. The van der Waals surface area contributed by atoms with Gasteiger partial charge in [0.25, 0.3) is 0 Å². The van der Waals surface area contributed by atoms with Crippen LogP contribution < -0.4 is 5.32 Å². The molecule has 1 aliphatic rings. The standard InChI is InChI=1S/C28H32FN3O4/c1-21-12-13-26(36-21)19-31(15-14-22-7-3-2-4-8-22)27(33)20-32(18-25-11-6-16-35-25)28(34)30-24-10-5-9-23(29)17-24/h2-5,7-10,12-13,17,25H,6,11,14-16,18-20H2,1H3,(H,30,34)/t25-/m1/s1. The van der Waals surface area contributed by atoms with E-state index in [1.165, 1.54) is 23.1 Å². The Balaban J connectivity index is 1.48. The molecule has 1 aromatic heterocycles. The Hall–Kier alpha value is -3.65. The molecular weight excluding hydrogens is 461 g/mol. The Kier molecular flexibility index (Phi) is 8.73. The van der Waals surface area contributed by atoms with Crippen molar-refractivity contribution in [2.45, 2.75) is 38.8 Å². The van der Waals surface area contributed by atoms with Crippen molar-refractivity contribution in [3.05, 3.63) is 89.6 Å². The molecule has 8 heteroatoms. The maximum atomic E-state index is 13.6. The molecule has 0 spiro atoms. The lowest BCUT2D eigenvalue weighted by Crippen LogP contribution is -2.47. The van der Waals surface area contributed by atoms with E-state index in [4.69, 9.17) is 9.15 Å². The number of hydrogen-bond acceptors (Lipinski definition) is 4. The number of carbonyl (C=O) groups excluding carboxylic acids is 2. The lowest BCUT2D eigenvalue weighted by atomic mass is 10.1. The molecule has 1 saturated heterocycles. The summed E-state index contributed by atoms with van der Waals surface area (Å²) in [4.78, 5) is 29.9. The summed E-state index contributed by atoms with van der Waals surface area (Å²) in [6.07, 6.45) is 2.27. The summed E-state index contributed by atoms with van der Waals surface area (Å²) in [5.74, 6) is 0.807. The van der Waals surface area contributed by atoms with Gasteiger partial charge in [0.1, 0.15) is 23.9 Å². The number of nitrogens with one attached hydrogen (secondary N) is 1. The van der Waals surface area contributed by atoms with E-state index in [1.807, 2.05) is 49.4 Å². The highest BCUT2D eigenvalue weighted by molar-refractivity contribution is 5.92. The molecule has 36 heavy (non-hydrogen) atoms. The van der Waals surface area contributed by atoms with Crippen molar-refractivity contribution < 1.29 is 23.1 Å². The van der Waals surface area contributed by atoms with Gasteiger partial charge in [0.05, 0.1) is 12.6 Å². The van der Waals surface area contributed by atoms with Crippen LogP contribution in [0.5, 0.6) is 0 Å². The zero-order chi connectivity index (χ0) is 25.3. The highest BCUT2D eigenvalue weighted by Gasteiger charge is 2.27. The summed E-state index contributed by atoms with van der Waals surface area (Å²) in [6, 6.07) is 18.9. The van der Waals surface area contributed by atoms with E-state index < -0.39 is 11.8 Å². The molecule has 190 valence electrons. The van der Waals surface area contributed by atoms with Gasteiger partial charge in [0, 0.05) is 25.4 Å². The first-order chi connectivity index (χ1) is 17.5. The fourth-order valence-electron chi connectivity index (χ4n) is 4.24. The minimum Gasteiger partial charge on any atom is -0.464 e. The minimum atomic E-state index is -0.471. The van der Waals surface area contributed by atoms with Crippen LogP contribution >= 0.6 is 0 Å². The predicted octanol–water partition coefficient (Wildman–Crippen LogP) is 5.01. The first-order valence-electron chi connectivity index (χ1n) is 12.3. The summed E-state index contributed by atoms with van der Waals surface area (Å²) >= 11 is 0. The van der Waals surface area contributed by atoms with Crippen molar-refractivity contribution in [2.75, 3.05) is 31.6 Å². The number of carbonyl (C=O) groups is 2. The lowest BCUT2D eigenvalue weighted by molar-refractivity contribution is -0.132. The van der Waals surface area contributed by atoms with Gasteiger partial charge in [-0.05, 0) is 62.1 Å². The first-order valence-corrected chi connectivity index (χ1v) is 12.3. The van der Waals surface area contributed by atoms with Gasteiger partial charge >= 0.3 is 6.03 Å². The second-order valence-electron chi connectivity index (χ2n) is 9.02. The van der Waals surface area contributed by atoms with Gasteiger partial charge in [0.15, 0.2) is 0 Å². The molecule has 4 rings (SSSR count). The molecule has 3 aromatic rings. The van der Waals surface area contributed by atoms with Crippen molar-refractivity contribution >= 4 is 17.6 Å². The molecule has 0 bridgehead atoms. The second-order valence-corrected chi connectivity index (χ2v) is 9.02. The van der Waals surface area contributed by atoms with E-state index in [-0.39, 0.29) is 25.1 Å². The van der Waals surface area contributed by atoms with Crippen LogP contribution in [0.4, 0.5) is 14.9 Å². The van der Waals surface area contributed by atoms with Crippen LogP contribution in [0.25, 0.3) is 0 Å². The summed E-state index contributed by atoms with van der Waals surface area (Å²) in [6.45, 7) is 3.42. The van der Waals surface area contributed by atoms with E-state index >= 15 is 0 Å². The Morgan fingerprint density at radius 1 is 1.06 bits per heavy atom. The molecule has 1 fully saturated rings. The van der Waals surface area contributed by atoms with Crippen molar-refractivity contribution in [2.24, 2.45) is 0 Å². The van der Waals surface area contributed by atoms with Crippen molar-refractivity contribution in [3.8, 4) is 0 Å². The van der Waals surface area contributed by atoms with Gasteiger partial charge in [-0.2, -0.15) is 0 Å². The Labute approximate surface area is 210 Å². The Bertz CT molecular complexity index is 1140. The predicted molar refractivity (Wildman–Crippen MR) is 135 cm³/mol. The number of furan rings is 1. The van der Waals surface area contributed by atoms with E-state index in [1.54, 1.807) is 11.0 Å². The number of hydrogen-bond donors (Lipinski definition) is 1. The molecule has 0 unspecified atom stereocenters. The van der Waals surface area contributed by atoms with Gasteiger partial charge in [-0.3, -0.25) is 4.79 Å². The molecule has 1 N–H and O–H groups in total. The summed E-state index contributed by atoms with van der Waals surface area (Å²) in [5.41, 5.74) is 1.45. The van der Waals surface area contributed by atoms with E-state index in [9.17, 15) is 14.0 Å². The Morgan fingerprint density at radius 2 is 1.89 bits per heavy atom. The average Bonchev–Trinajstić information content (AvgIpc) is 3.53. The monoisotopic (exact) mass is 493 g/mol. The highest BCUT2D eigenvalue weighted by Crippen LogP contribution is 2.17. The zero-order valence-electron chi connectivity index (χ0n) is 20.5. The molecule has 0 radical (unpaired) electrons. The number of nitrogens with zero attached hydrogens (tertiary/aromatic N) is 2. The molecule has 0 aliphatic carbocycles. The van der Waals surface area contributed by atoms with E-state index in [0.29, 0.717) is 37.6 Å². The second kappa shape index (κ2) is 12.4. The molecule has 0 saturated carbocycles. The molecule has 2 aromatic carbocycles. The van der Waals surface area contributed by atoms with Crippen LogP contribution in [-0.4, -0.2) is 54.1 Å². The van der Waals surface area contributed by atoms with Crippen LogP contribution in [0.2, 0.25) is 0 Å². The van der Waals surface area contributed by atoms with Gasteiger partial charge < -0.3 is 24.3 Å². The summed E-state index contributed by atoms with van der Waals surface area (Å²) in [5, 5.41) is 2.71. The Morgan fingerprint density at radius 3 is 2.58 bits per heavy atom. The lowest BCUT2D eigenvalue weighted by Gasteiger charge is -2.29. The summed E-state index contributed by atoms with van der Waals surface area (Å²) in [7, 11) is 0. The number of amides is 3. The van der Waals surface area contributed by atoms with Crippen LogP contribution in [0.3, 0.4) is 0 Å². The van der Waals surface area contributed by atoms with E-state index in [2.05, 4.69) is 5.32 Å². The molecule has 1 atom stereocenters. The number of anilines is 1. The fraction of sp³-hybridized carbons (Fsp3) is 0.357. The number of urea groups is 1. The maximum Gasteiger partial charge on any atom is 0.322 e. The zero-order valence-corrected chi connectivity index (χ0v) is 20.5. The maximum absolute atomic E-state index is 13.6. The highest BCUT2D eigenvalue weighted by atomic mass is 19.1. The number of benzene rings is 2. The van der Waals surface area contributed by atoms with Crippen molar-refractivity contribution in [1.29, 1.82) is 0 Å². The van der Waals surface area contributed by atoms with Crippen molar-refractivity contribution in [1.82, 2.24) is 9.80 Å². The van der Waals surface area contributed by atoms with Gasteiger partial charge in [-0.25, -0.2) is 9.18 Å². The van der Waals surface area contributed by atoms with Gasteiger partial charge in [-0.1, -0.05) is 36.4 Å². The van der Waals surface area contributed by atoms with E-state index in [0.717, 1.165) is 24.2 Å². The van der Waals surface area contributed by atoms with Crippen LogP contribution in [0.1, 0.15) is 29.9 Å². The van der Waals surface area contributed by atoms with Crippen LogP contribution in [0, 0.1) is 12.7 Å². The molecule has 7 nitrogen and oxygen atoms in total. The van der Waals surface area contributed by atoms with Crippen LogP contribution in [0.15, 0.2) is 71.1 Å². The molecular formula is C28H32FN3O4. The third-order valence-electron chi connectivity index (χ3n) is 6.15. The summed E-state index contributed by atoms with van der Waals surface area (Å²) < 4.78 is 25.1. The minimum absolute atomic E-state index is 0.129. The van der Waals surface area contributed by atoms with Gasteiger partial charge in [0.2, 0.25) is 5.91 Å². The molecule has 2 heterocycles. The van der Waals surface area contributed by atoms with Crippen LogP contribution in [-0.2, 0) is 22.5 Å². The normalized spacial score (nSPS) is 15.0. The topological polar surface area (TPSA) is 75.0 Å². The first kappa shape index (κ1) is 25.4. The van der Waals surface area contributed by atoms with Crippen molar-refractivity contribution in [3.63, 3.8) is 0 Å². The molecule has 1 aliphatic heterocycles. The smallest absolute Gasteiger partial charge is 0.322 e. The number of ether oxygens (including phenoxy) is 1. The quantitative estimate of drug-likeness (QED) is 0.431. The SMILES string of the molecule is Cc1ccc(CN(CCc2ccccc2)C(=O)CN(C[C@H]2CCCO2)C(=O)Nc2cccc(F)c2)o1. The number of aryl methyl sites for hydroxylation is 1. The number of halogens is 1. The third-order valence-corrected chi connectivity index (χ3v) is 6.15. The largest absolute Gasteiger partial charge is 0.464 e. The number of rotatable bonds is 10. The average molecular weight is 494 g/mol. The van der Waals surface area contributed by atoms with Gasteiger partial charge in [-0.15, -0.1) is 0 Å².